The second-order valence-corrected chi connectivity index (χ2v) is 5.42. The summed E-state index contributed by atoms with van der Waals surface area (Å²) in [7, 11) is -3.81. The van der Waals surface area contributed by atoms with Crippen molar-refractivity contribution in [3.05, 3.63) is 18.2 Å². The van der Waals surface area contributed by atoms with Gasteiger partial charge in [0.1, 0.15) is 18.1 Å². The molecular formula is C11H14O5S. The second kappa shape index (κ2) is 4.54. The first kappa shape index (κ1) is 12.2. The number of hydrogen-bond acceptors (Lipinski definition) is 5. The molecule has 0 unspecified atom stereocenters. The maximum Gasteiger partial charge on any atom is 0.301 e. The van der Waals surface area contributed by atoms with Gasteiger partial charge in [-0.2, -0.15) is 8.42 Å². The van der Waals surface area contributed by atoms with Crippen LogP contribution in [0.1, 0.15) is 13.8 Å². The molecule has 6 heteroatoms. The molecule has 0 bridgehead atoms. The third kappa shape index (κ3) is 2.53. The van der Waals surface area contributed by atoms with Crippen molar-refractivity contribution >= 4 is 10.1 Å². The average molecular weight is 258 g/mol. The Labute approximate surface area is 100 Å². The van der Waals surface area contributed by atoms with Crippen molar-refractivity contribution in [2.45, 2.75) is 24.8 Å². The van der Waals surface area contributed by atoms with E-state index in [9.17, 15) is 8.42 Å². The van der Waals surface area contributed by atoms with E-state index in [0.29, 0.717) is 19.0 Å². The molecule has 94 valence electrons. The van der Waals surface area contributed by atoms with Crippen LogP contribution in [0.4, 0.5) is 0 Å². The lowest BCUT2D eigenvalue weighted by Gasteiger charge is -2.20. The monoisotopic (exact) mass is 258 g/mol. The van der Waals surface area contributed by atoms with Gasteiger partial charge in [0.05, 0.1) is 6.10 Å². The molecule has 5 nitrogen and oxygen atoms in total. The van der Waals surface area contributed by atoms with Crippen molar-refractivity contribution in [1.29, 1.82) is 0 Å². The maximum absolute atomic E-state index is 12.0. The first-order chi connectivity index (χ1) is 8.00. The molecule has 1 aliphatic rings. The molecule has 0 saturated heterocycles. The van der Waals surface area contributed by atoms with Crippen LogP contribution in [0.5, 0.6) is 11.5 Å². The Balaban J connectivity index is 2.45. The van der Waals surface area contributed by atoms with E-state index in [1.54, 1.807) is 26.0 Å². The molecular weight excluding hydrogens is 244 g/mol. The summed E-state index contributed by atoms with van der Waals surface area (Å²) in [5.41, 5.74) is 0. The Hall–Kier alpha value is -1.27. The lowest BCUT2D eigenvalue weighted by molar-refractivity contribution is 0.165. The SMILES string of the molecule is CC(C)OS(=O)(=O)c1cccc2c1OCCO2. The van der Waals surface area contributed by atoms with Gasteiger partial charge >= 0.3 is 10.1 Å². The predicted octanol–water partition coefficient (Wildman–Crippen LogP) is 1.57. The van der Waals surface area contributed by atoms with E-state index in [2.05, 4.69) is 0 Å². The molecule has 0 spiro atoms. The van der Waals surface area contributed by atoms with E-state index in [-0.39, 0.29) is 10.6 Å². The predicted molar refractivity (Wildman–Crippen MR) is 60.8 cm³/mol. The fourth-order valence-electron chi connectivity index (χ4n) is 1.55. The van der Waals surface area contributed by atoms with Gasteiger partial charge in [-0.05, 0) is 26.0 Å². The van der Waals surface area contributed by atoms with Gasteiger partial charge in [0.15, 0.2) is 11.5 Å². The summed E-state index contributed by atoms with van der Waals surface area (Å²) in [6, 6.07) is 4.72. The van der Waals surface area contributed by atoms with Crippen molar-refractivity contribution < 1.29 is 22.1 Å². The molecule has 0 saturated carbocycles. The smallest absolute Gasteiger partial charge is 0.301 e. The molecule has 0 amide bonds. The highest BCUT2D eigenvalue weighted by Crippen LogP contribution is 2.37. The van der Waals surface area contributed by atoms with Crippen LogP contribution in [0.15, 0.2) is 23.1 Å². The fourth-order valence-corrected chi connectivity index (χ4v) is 2.79. The number of para-hydroxylation sites is 1. The van der Waals surface area contributed by atoms with Gasteiger partial charge in [-0.3, -0.25) is 4.18 Å². The Morgan fingerprint density at radius 2 is 1.94 bits per heavy atom. The highest BCUT2D eigenvalue weighted by molar-refractivity contribution is 7.86. The summed E-state index contributed by atoms with van der Waals surface area (Å²) >= 11 is 0. The van der Waals surface area contributed by atoms with E-state index < -0.39 is 16.2 Å². The normalized spacial score (nSPS) is 15.0. The van der Waals surface area contributed by atoms with Crippen LogP contribution >= 0.6 is 0 Å². The third-order valence-electron chi connectivity index (χ3n) is 2.12. The zero-order valence-electron chi connectivity index (χ0n) is 9.67. The van der Waals surface area contributed by atoms with E-state index >= 15 is 0 Å². The zero-order chi connectivity index (χ0) is 12.5. The molecule has 0 N–H and O–H groups in total. The van der Waals surface area contributed by atoms with E-state index in [4.69, 9.17) is 13.7 Å². The molecule has 0 atom stereocenters. The maximum atomic E-state index is 12.0. The van der Waals surface area contributed by atoms with Gasteiger partial charge in [0.2, 0.25) is 0 Å². The Bertz CT molecular complexity index is 507. The minimum absolute atomic E-state index is 0.0170. The molecule has 1 aromatic rings. The van der Waals surface area contributed by atoms with Crippen molar-refractivity contribution in [1.82, 2.24) is 0 Å². The van der Waals surface area contributed by atoms with Gasteiger partial charge in [-0.15, -0.1) is 0 Å². The van der Waals surface area contributed by atoms with E-state index in [1.165, 1.54) is 6.07 Å². The number of fused-ring (bicyclic) bond motifs is 1. The lowest BCUT2D eigenvalue weighted by Crippen LogP contribution is -2.19. The average Bonchev–Trinajstić information content (AvgIpc) is 2.26. The first-order valence-corrected chi connectivity index (χ1v) is 6.73. The van der Waals surface area contributed by atoms with Crippen molar-refractivity contribution in [3.63, 3.8) is 0 Å². The summed E-state index contributed by atoms with van der Waals surface area (Å²) in [5, 5.41) is 0. The molecule has 17 heavy (non-hydrogen) atoms. The molecule has 0 aromatic heterocycles. The topological polar surface area (TPSA) is 61.8 Å². The van der Waals surface area contributed by atoms with Crippen LogP contribution in [-0.2, 0) is 14.3 Å². The quantitative estimate of drug-likeness (QED) is 0.770. The van der Waals surface area contributed by atoms with Crippen LogP contribution < -0.4 is 9.47 Å². The Morgan fingerprint density at radius 1 is 1.24 bits per heavy atom. The first-order valence-electron chi connectivity index (χ1n) is 5.32. The van der Waals surface area contributed by atoms with Crippen LogP contribution in [0, 0.1) is 0 Å². The van der Waals surface area contributed by atoms with Gasteiger partial charge in [0.25, 0.3) is 0 Å². The highest BCUT2D eigenvalue weighted by Gasteiger charge is 2.26. The largest absolute Gasteiger partial charge is 0.486 e. The molecule has 2 rings (SSSR count). The number of ether oxygens (including phenoxy) is 2. The fraction of sp³-hybridized carbons (Fsp3) is 0.455. The minimum atomic E-state index is -3.81. The lowest BCUT2D eigenvalue weighted by atomic mass is 10.3. The number of hydrogen-bond donors (Lipinski definition) is 0. The van der Waals surface area contributed by atoms with Crippen LogP contribution in [0.2, 0.25) is 0 Å². The van der Waals surface area contributed by atoms with Crippen molar-refractivity contribution in [2.24, 2.45) is 0 Å². The van der Waals surface area contributed by atoms with Gasteiger partial charge in [0, 0.05) is 0 Å². The van der Waals surface area contributed by atoms with Crippen LogP contribution in [-0.4, -0.2) is 27.7 Å². The van der Waals surface area contributed by atoms with Gasteiger partial charge in [-0.25, -0.2) is 0 Å². The van der Waals surface area contributed by atoms with E-state index in [0.717, 1.165) is 0 Å². The molecule has 0 fully saturated rings. The summed E-state index contributed by atoms with van der Waals surface area (Å²) in [6.07, 6.45) is -0.416. The molecule has 1 heterocycles. The van der Waals surface area contributed by atoms with Crippen molar-refractivity contribution in [3.8, 4) is 11.5 Å². The standard InChI is InChI=1S/C11H14O5S/c1-8(2)16-17(12,13)10-5-3-4-9-11(10)15-7-6-14-9/h3-5,8H,6-7H2,1-2H3. The molecule has 1 aromatic carbocycles. The summed E-state index contributed by atoms with van der Waals surface area (Å²) < 4.78 is 39.5. The summed E-state index contributed by atoms with van der Waals surface area (Å²) in [6.45, 7) is 4.07. The minimum Gasteiger partial charge on any atom is -0.486 e. The van der Waals surface area contributed by atoms with Gasteiger partial charge < -0.3 is 9.47 Å². The number of rotatable bonds is 3. The summed E-state index contributed by atoms with van der Waals surface area (Å²) in [4.78, 5) is 0.0170. The van der Waals surface area contributed by atoms with Crippen LogP contribution in [0.25, 0.3) is 0 Å². The van der Waals surface area contributed by atoms with E-state index in [1.807, 2.05) is 0 Å². The highest BCUT2D eigenvalue weighted by atomic mass is 32.2. The second-order valence-electron chi connectivity index (χ2n) is 3.88. The molecule has 0 aliphatic carbocycles. The zero-order valence-corrected chi connectivity index (χ0v) is 10.5. The Kier molecular flexibility index (Phi) is 3.26. The summed E-state index contributed by atoms with van der Waals surface area (Å²) in [5.74, 6) is 0.670. The Morgan fingerprint density at radius 3 is 2.65 bits per heavy atom. The van der Waals surface area contributed by atoms with Crippen molar-refractivity contribution in [2.75, 3.05) is 13.2 Å². The van der Waals surface area contributed by atoms with Crippen LogP contribution in [0.3, 0.4) is 0 Å². The molecule has 1 aliphatic heterocycles. The third-order valence-corrected chi connectivity index (χ3v) is 3.62. The molecule has 0 radical (unpaired) electrons. The number of benzene rings is 1. The van der Waals surface area contributed by atoms with Gasteiger partial charge in [-0.1, -0.05) is 6.07 Å².